The lowest BCUT2D eigenvalue weighted by Gasteiger charge is -2.34. The maximum absolute atomic E-state index is 15.3. The minimum atomic E-state index is -2.57. The third-order valence-electron chi connectivity index (χ3n) is 14.4. The van der Waals surface area contributed by atoms with Gasteiger partial charge in [-0.25, -0.2) is 4.79 Å². The number of benzene rings is 1. The molecule has 1 aliphatic heterocycles. The van der Waals surface area contributed by atoms with Gasteiger partial charge in [-0.05, 0) is 74.2 Å². The highest BCUT2D eigenvalue weighted by molar-refractivity contribution is 6.00. The first-order valence-corrected chi connectivity index (χ1v) is 30.1. The van der Waals surface area contributed by atoms with E-state index in [2.05, 4.69) is 47.5 Å². The van der Waals surface area contributed by atoms with Crippen LogP contribution < -0.4 is 76.1 Å². The van der Waals surface area contributed by atoms with E-state index in [9.17, 15) is 73.2 Å². The number of guanidine groups is 1. The van der Waals surface area contributed by atoms with Crippen LogP contribution in [0.5, 0.6) is 0 Å². The molecule has 0 aromatic heterocycles. The molecule has 0 aliphatic carbocycles. The molecular formula is C58H97N15O17. The molecule has 0 saturated carbocycles. The second-order valence-corrected chi connectivity index (χ2v) is 24.1. The van der Waals surface area contributed by atoms with Gasteiger partial charge in [0, 0.05) is 6.54 Å². The molecule has 0 bridgehead atoms. The maximum atomic E-state index is 15.3. The lowest BCUT2D eigenvalue weighted by molar-refractivity contribution is -0.159. The first-order valence-electron chi connectivity index (χ1n) is 30.1. The molecule has 1 aromatic carbocycles. The molecule has 2 rings (SSSR count). The molecule has 0 spiro atoms. The average molecular weight is 1280 g/mol. The third-order valence-corrected chi connectivity index (χ3v) is 14.4. The van der Waals surface area contributed by atoms with Crippen molar-refractivity contribution in [3.05, 3.63) is 35.9 Å². The fourth-order valence-corrected chi connectivity index (χ4v) is 9.25. The van der Waals surface area contributed by atoms with E-state index >= 15 is 4.79 Å². The maximum Gasteiger partial charge on any atom is 0.331 e. The van der Waals surface area contributed by atoms with Gasteiger partial charge >= 0.3 is 5.97 Å². The first-order chi connectivity index (χ1) is 42.0. The Bertz CT molecular complexity index is 2640. The molecule has 11 amide bonds. The van der Waals surface area contributed by atoms with E-state index in [0.717, 1.165) is 6.92 Å². The lowest BCUT2D eigenvalue weighted by atomic mass is 9.95. The number of aliphatic hydroxyl groups is 4. The summed E-state index contributed by atoms with van der Waals surface area (Å²) >= 11 is 0. The van der Waals surface area contributed by atoms with E-state index in [-0.39, 0.29) is 74.3 Å². The minimum absolute atomic E-state index is 0.0466. The number of primary amides is 1. The molecule has 22 N–H and O–H groups in total. The number of hydrogen-bond acceptors (Lipinski definition) is 19. The number of hydrogen-bond donors (Lipinski definition) is 18. The second-order valence-electron chi connectivity index (χ2n) is 24.1. The van der Waals surface area contributed by atoms with Crippen molar-refractivity contribution in [2.45, 2.75) is 200 Å². The van der Waals surface area contributed by atoms with Crippen molar-refractivity contribution in [3.63, 3.8) is 0 Å². The number of nitrogens with two attached hydrogens (primary N) is 4. The molecule has 15 atom stereocenters. The standard InChI is InChI=1S/C58H97N15O17/c1-12-30(10)39-53(85)71-40(31(11)75)52(84)64-24-38(76)69-42(45(78)47(60)79)55(87)68-37(25-74)57(89)90-46(32-17-14-13-15-18-32)43(73-51(83)36(23-28(6)7)66-48(80)33(59)21-26(2)3)56(88)72-41(44(77)29(8)9)54(86)67-35(22-27(4)5)50(82)65-34(49(81)70-39)19-16-20-63-58(61)62/h13-15,17-18,26-31,33-37,39-46,74-75,77-78H,12,16,19-25,59H2,1-11H3,(H2,60,79)(H,64,84)(H,65,82)(H,66,80)(H,67,86)(H,68,87)(H,69,76)(H,70,81)(H,71,85)(H,72,88)(H,73,83)(H4,61,62,63)/t30-,31-,33+,34-,35-,36-,37-,39-,40-,41-,42-,43-,44+,45-,46+/m0/s1. The summed E-state index contributed by atoms with van der Waals surface area (Å²) in [5, 5.41) is 68.0. The number of amides is 11. The Hall–Kier alpha value is -8.07. The van der Waals surface area contributed by atoms with Crippen molar-refractivity contribution < 1.29 is 82.7 Å². The largest absolute Gasteiger partial charge is 0.453 e. The lowest BCUT2D eigenvalue weighted by Crippen LogP contribution is -2.64. The Labute approximate surface area is 523 Å². The van der Waals surface area contributed by atoms with E-state index in [1.54, 1.807) is 41.5 Å². The van der Waals surface area contributed by atoms with Gasteiger partial charge in [0.05, 0.1) is 31.4 Å². The third kappa shape index (κ3) is 25.4. The molecule has 1 saturated heterocycles. The zero-order chi connectivity index (χ0) is 68.4. The molecule has 1 heterocycles. The smallest absolute Gasteiger partial charge is 0.331 e. The Morgan fingerprint density at radius 3 is 1.72 bits per heavy atom. The summed E-state index contributed by atoms with van der Waals surface area (Å²) in [6.45, 7) is 15.3. The van der Waals surface area contributed by atoms with Gasteiger partial charge in [0.25, 0.3) is 0 Å². The van der Waals surface area contributed by atoms with E-state index < -0.39 is 181 Å². The highest BCUT2D eigenvalue weighted by Gasteiger charge is 2.44. The molecule has 0 unspecified atom stereocenters. The second kappa shape index (κ2) is 37.8. The highest BCUT2D eigenvalue weighted by atomic mass is 16.5. The Kier molecular flexibility index (Phi) is 32.8. The van der Waals surface area contributed by atoms with E-state index in [4.69, 9.17) is 27.7 Å². The van der Waals surface area contributed by atoms with Crippen LogP contribution in [0.4, 0.5) is 0 Å². The van der Waals surface area contributed by atoms with Crippen molar-refractivity contribution in [3.8, 4) is 0 Å². The normalized spacial score (nSPS) is 24.7. The van der Waals surface area contributed by atoms with Crippen molar-refractivity contribution in [2.75, 3.05) is 19.7 Å². The van der Waals surface area contributed by atoms with Crippen LogP contribution in [0, 0.1) is 29.6 Å². The van der Waals surface area contributed by atoms with Crippen molar-refractivity contribution in [1.29, 1.82) is 0 Å². The Morgan fingerprint density at radius 2 is 1.19 bits per heavy atom. The molecule has 32 nitrogen and oxygen atoms in total. The minimum Gasteiger partial charge on any atom is -0.453 e. The number of carbonyl (C=O) groups is 12. The zero-order valence-corrected chi connectivity index (χ0v) is 53.1. The van der Waals surface area contributed by atoms with Crippen LogP contribution in [0.1, 0.15) is 126 Å². The van der Waals surface area contributed by atoms with E-state index in [1.807, 2.05) is 24.5 Å². The van der Waals surface area contributed by atoms with Crippen molar-refractivity contribution in [1.82, 2.24) is 53.2 Å². The van der Waals surface area contributed by atoms with Crippen LogP contribution in [-0.2, 0) is 62.3 Å². The van der Waals surface area contributed by atoms with Gasteiger partial charge in [0.2, 0.25) is 65.0 Å². The fraction of sp³-hybridized carbons (Fsp3) is 0.672. The molecule has 1 aromatic rings. The predicted octanol–water partition coefficient (Wildman–Crippen LogP) is -5.43. The Morgan fingerprint density at radius 1 is 0.644 bits per heavy atom. The number of nitrogens with one attached hydrogen (secondary N) is 10. The monoisotopic (exact) mass is 1280 g/mol. The number of aliphatic imine (C=N–C) groups is 1. The number of rotatable bonds is 23. The molecule has 0 radical (unpaired) electrons. The van der Waals surface area contributed by atoms with Crippen molar-refractivity contribution in [2.24, 2.45) is 57.5 Å². The van der Waals surface area contributed by atoms with Crippen LogP contribution in [0.15, 0.2) is 35.3 Å². The predicted molar refractivity (Wildman–Crippen MR) is 326 cm³/mol. The van der Waals surface area contributed by atoms with Crippen LogP contribution in [0.2, 0.25) is 0 Å². The number of nitrogens with zero attached hydrogens (tertiary/aromatic N) is 1. The molecule has 506 valence electrons. The van der Waals surface area contributed by atoms with Gasteiger partial charge in [-0.3, -0.25) is 57.7 Å². The summed E-state index contributed by atoms with van der Waals surface area (Å²) in [5.74, 6) is -17.2. The molecule has 1 aliphatic rings. The number of cyclic esters (lactones) is 1. The number of ether oxygens (including phenoxy) is 1. The van der Waals surface area contributed by atoms with Gasteiger partial charge in [-0.2, -0.15) is 0 Å². The molecule has 90 heavy (non-hydrogen) atoms. The topological polar surface area (TPSA) is 532 Å². The van der Waals surface area contributed by atoms with Gasteiger partial charge < -0.3 is 101 Å². The highest BCUT2D eigenvalue weighted by Crippen LogP contribution is 2.25. The summed E-state index contributed by atoms with van der Waals surface area (Å²) in [6, 6.07) is -10.7. The Balaban J connectivity index is 3.13. The summed E-state index contributed by atoms with van der Waals surface area (Å²) in [5.41, 5.74) is 22.6. The summed E-state index contributed by atoms with van der Waals surface area (Å²) in [4.78, 5) is 174. The fourth-order valence-electron chi connectivity index (χ4n) is 9.25. The average Bonchev–Trinajstić information content (AvgIpc) is 1.47. The van der Waals surface area contributed by atoms with Gasteiger partial charge in [-0.15, -0.1) is 0 Å². The van der Waals surface area contributed by atoms with Gasteiger partial charge in [0.1, 0.15) is 48.3 Å². The molecule has 32 heteroatoms. The van der Waals surface area contributed by atoms with E-state index in [0.29, 0.717) is 0 Å². The zero-order valence-electron chi connectivity index (χ0n) is 53.1. The number of aliphatic hydroxyl groups excluding tert-OH is 4. The van der Waals surface area contributed by atoms with E-state index in [1.165, 1.54) is 44.2 Å². The van der Waals surface area contributed by atoms with Crippen molar-refractivity contribution >= 4 is 76.9 Å². The number of carbonyl (C=O) groups excluding carboxylic acids is 12. The van der Waals surface area contributed by atoms with Crippen LogP contribution >= 0.6 is 0 Å². The van der Waals surface area contributed by atoms with Crippen LogP contribution in [0.25, 0.3) is 0 Å². The first kappa shape index (κ1) is 78.0. The SMILES string of the molecule is CC[C@H](C)[C@@H]1NC(=O)[C@H](CCCN=C(N)N)NC(=O)[C@H](CC(C)C)NC(=O)[C@H]([C@H](O)C(C)C)NC(=O)[C@@H](NC(=O)[C@H](CC(C)C)NC(=O)[C@H](N)CC(C)C)[C@@H](c2ccccc2)OC(=O)[C@H](CO)NC(=O)[C@H]([C@H](O)C(N)=O)NC(=O)CNC(=O)[C@H]([C@H](C)O)NC1=O. The molecular weight excluding hydrogens is 1180 g/mol. The van der Waals surface area contributed by atoms with Gasteiger partial charge in [0.15, 0.2) is 24.2 Å². The quantitative estimate of drug-likeness (QED) is 0.0210. The summed E-state index contributed by atoms with van der Waals surface area (Å²) in [7, 11) is 0. The van der Waals surface area contributed by atoms with Gasteiger partial charge in [-0.1, -0.05) is 106 Å². The van der Waals surface area contributed by atoms with Crippen LogP contribution in [0.3, 0.4) is 0 Å². The summed E-state index contributed by atoms with van der Waals surface area (Å²) in [6.07, 6.45) is -8.04. The molecule has 1 fully saturated rings. The van der Waals surface area contributed by atoms with Crippen LogP contribution in [-0.4, -0.2) is 196 Å². The summed E-state index contributed by atoms with van der Waals surface area (Å²) < 4.78 is 5.92. The number of esters is 1.